The molecule has 0 saturated carbocycles. The average molecular weight is 408 g/mol. The number of ether oxygens (including phenoxy) is 1. The Morgan fingerprint density at radius 3 is 2.63 bits per heavy atom. The molecule has 0 aliphatic carbocycles. The van der Waals surface area contributed by atoms with Gasteiger partial charge in [0.25, 0.3) is 0 Å². The van der Waals surface area contributed by atoms with E-state index in [1.807, 2.05) is 6.07 Å². The van der Waals surface area contributed by atoms with Crippen LogP contribution in [0.25, 0.3) is 0 Å². The van der Waals surface area contributed by atoms with Crippen molar-refractivity contribution in [3.05, 3.63) is 62.8 Å². The summed E-state index contributed by atoms with van der Waals surface area (Å²) >= 11 is 12.8. The van der Waals surface area contributed by atoms with Gasteiger partial charge < -0.3 is 4.74 Å². The van der Waals surface area contributed by atoms with E-state index >= 15 is 0 Å². The number of benzene rings is 2. The van der Waals surface area contributed by atoms with Gasteiger partial charge in [0.1, 0.15) is 11.6 Å². The van der Waals surface area contributed by atoms with Gasteiger partial charge in [0.15, 0.2) is 0 Å². The lowest BCUT2D eigenvalue weighted by atomic mass is 10.0. The third-order valence-corrected chi connectivity index (χ3v) is 4.65. The molecule has 0 saturated heterocycles. The lowest BCUT2D eigenvalue weighted by molar-refractivity contribution is 0.415. The molecule has 0 aromatic heterocycles. The van der Waals surface area contributed by atoms with Gasteiger partial charge in [0.05, 0.1) is 21.4 Å². The van der Waals surface area contributed by atoms with E-state index in [1.165, 1.54) is 0 Å². The van der Waals surface area contributed by atoms with Crippen molar-refractivity contribution in [1.29, 1.82) is 0 Å². The molecule has 2 aromatic carbocycles. The lowest BCUT2D eigenvalue weighted by Gasteiger charge is -2.14. The summed E-state index contributed by atoms with van der Waals surface area (Å²) in [6.45, 7) is 0. The van der Waals surface area contributed by atoms with Crippen molar-refractivity contribution < 1.29 is 9.13 Å². The van der Waals surface area contributed by atoms with Gasteiger partial charge in [-0.3, -0.25) is 0 Å². The Morgan fingerprint density at radius 2 is 2.00 bits per heavy atom. The van der Waals surface area contributed by atoms with Crippen molar-refractivity contribution in [2.24, 2.45) is 0 Å². The van der Waals surface area contributed by atoms with Crippen molar-refractivity contribution in [3.8, 4) is 5.75 Å². The number of hydrogen-bond donors (Lipinski definition) is 0. The van der Waals surface area contributed by atoms with Crippen LogP contribution < -0.4 is 4.74 Å². The SMILES string of the molecule is COc1ccc(C(Br)c2cccc(Br)c2F)cc1Cl. The largest absolute Gasteiger partial charge is 0.495 e. The smallest absolute Gasteiger partial charge is 0.142 e. The quantitative estimate of drug-likeness (QED) is 0.589. The molecular weight excluding hydrogens is 398 g/mol. The fourth-order valence-corrected chi connectivity index (χ4v) is 3.02. The van der Waals surface area contributed by atoms with Crippen LogP contribution in [0.2, 0.25) is 5.02 Å². The van der Waals surface area contributed by atoms with Crippen LogP contribution in [0.15, 0.2) is 40.9 Å². The minimum atomic E-state index is -0.281. The van der Waals surface area contributed by atoms with Crippen LogP contribution in [0.5, 0.6) is 5.75 Å². The molecular formula is C14H10Br2ClFO. The number of halogens is 4. The van der Waals surface area contributed by atoms with E-state index in [-0.39, 0.29) is 10.6 Å². The first-order valence-electron chi connectivity index (χ1n) is 5.46. The molecule has 5 heteroatoms. The van der Waals surface area contributed by atoms with Crippen LogP contribution in [0.4, 0.5) is 4.39 Å². The standard InChI is InChI=1S/C14H10Br2ClFO/c1-19-12-6-5-8(7-11(12)17)13(16)9-3-2-4-10(15)14(9)18/h2-7,13H,1H3. The third kappa shape index (κ3) is 3.12. The molecule has 1 atom stereocenters. The molecule has 0 amide bonds. The summed E-state index contributed by atoms with van der Waals surface area (Å²) in [6, 6.07) is 10.6. The highest BCUT2D eigenvalue weighted by atomic mass is 79.9. The molecule has 1 nitrogen and oxygen atoms in total. The summed E-state index contributed by atoms with van der Waals surface area (Å²) in [4.78, 5) is -0.270. The van der Waals surface area contributed by atoms with Crippen LogP contribution in [-0.2, 0) is 0 Å². The number of hydrogen-bond acceptors (Lipinski definition) is 1. The molecule has 2 aromatic rings. The zero-order chi connectivity index (χ0) is 14.0. The average Bonchev–Trinajstić information content (AvgIpc) is 2.41. The van der Waals surface area contributed by atoms with Crippen LogP contribution in [0.1, 0.15) is 16.0 Å². The minimum Gasteiger partial charge on any atom is -0.495 e. The Kier molecular flexibility index (Phi) is 4.87. The van der Waals surface area contributed by atoms with Gasteiger partial charge in [0.2, 0.25) is 0 Å². The maximum absolute atomic E-state index is 14.0. The summed E-state index contributed by atoms with van der Waals surface area (Å²) in [6.07, 6.45) is 0. The Hall–Kier alpha value is -0.580. The maximum atomic E-state index is 14.0. The molecule has 0 radical (unpaired) electrons. The molecule has 0 bridgehead atoms. The van der Waals surface area contributed by atoms with Crippen molar-refractivity contribution >= 4 is 43.5 Å². The second kappa shape index (κ2) is 6.25. The second-order valence-corrected chi connectivity index (χ2v) is 6.08. The highest BCUT2D eigenvalue weighted by Gasteiger charge is 2.17. The van der Waals surface area contributed by atoms with Gasteiger partial charge in [-0.05, 0) is 39.7 Å². The van der Waals surface area contributed by atoms with Crippen LogP contribution in [0.3, 0.4) is 0 Å². The third-order valence-electron chi connectivity index (χ3n) is 2.72. The molecule has 19 heavy (non-hydrogen) atoms. The van der Waals surface area contributed by atoms with Crippen LogP contribution in [0, 0.1) is 5.82 Å². The van der Waals surface area contributed by atoms with Gasteiger partial charge in [-0.25, -0.2) is 4.39 Å². The monoisotopic (exact) mass is 406 g/mol. The van der Waals surface area contributed by atoms with Crippen molar-refractivity contribution in [2.75, 3.05) is 7.11 Å². The number of methoxy groups -OCH3 is 1. The maximum Gasteiger partial charge on any atom is 0.142 e. The predicted octanol–water partition coefficient (Wildman–Crippen LogP) is 5.73. The molecule has 2 rings (SSSR count). The first-order valence-corrected chi connectivity index (χ1v) is 7.54. The summed E-state index contributed by atoms with van der Waals surface area (Å²) < 4.78 is 19.6. The Bertz CT molecular complexity index is 604. The first-order chi connectivity index (χ1) is 9.04. The topological polar surface area (TPSA) is 9.23 Å². The van der Waals surface area contributed by atoms with Crippen molar-refractivity contribution in [3.63, 3.8) is 0 Å². The van der Waals surface area contributed by atoms with E-state index in [4.69, 9.17) is 16.3 Å². The fraction of sp³-hybridized carbons (Fsp3) is 0.143. The summed E-state index contributed by atoms with van der Waals surface area (Å²) in [7, 11) is 1.56. The zero-order valence-corrected chi connectivity index (χ0v) is 13.9. The van der Waals surface area contributed by atoms with Crippen molar-refractivity contribution in [1.82, 2.24) is 0 Å². The van der Waals surface area contributed by atoms with Crippen molar-refractivity contribution in [2.45, 2.75) is 4.83 Å². The van der Waals surface area contributed by atoms with E-state index < -0.39 is 0 Å². The van der Waals surface area contributed by atoms with E-state index in [1.54, 1.807) is 37.4 Å². The second-order valence-electron chi connectivity index (χ2n) is 3.90. The summed E-state index contributed by atoms with van der Waals surface area (Å²) in [5.41, 5.74) is 1.42. The molecule has 0 N–H and O–H groups in total. The predicted molar refractivity (Wildman–Crippen MR) is 82.9 cm³/mol. The van der Waals surface area contributed by atoms with Crippen LogP contribution in [-0.4, -0.2) is 7.11 Å². The van der Waals surface area contributed by atoms with E-state index in [0.29, 0.717) is 20.8 Å². The van der Waals surface area contributed by atoms with Crippen LogP contribution >= 0.6 is 43.5 Å². The van der Waals surface area contributed by atoms with E-state index in [2.05, 4.69) is 31.9 Å². The zero-order valence-electron chi connectivity index (χ0n) is 9.96. The summed E-state index contributed by atoms with van der Waals surface area (Å²) in [5.74, 6) is 0.316. The first kappa shape index (κ1) is 14.8. The molecule has 0 aliphatic rings. The van der Waals surface area contributed by atoms with Gasteiger partial charge >= 0.3 is 0 Å². The lowest BCUT2D eigenvalue weighted by Crippen LogP contribution is -1.98. The number of alkyl halides is 1. The Labute approximate surface area is 133 Å². The molecule has 0 heterocycles. The molecule has 0 spiro atoms. The van der Waals surface area contributed by atoms with Gasteiger partial charge in [-0.15, -0.1) is 0 Å². The minimum absolute atomic E-state index is 0.270. The molecule has 100 valence electrons. The number of rotatable bonds is 3. The molecule has 0 aliphatic heterocycles. The normalized spacial score (nSPS) is 12.3. The highest BCUT2D eigenvalue weighted by Crippen LogP contribution is 2.37. The van der Waals surface area contributed by atoms with Gasteiger partial charge in [-0.1, -0.05) is 45.7 Å². The Morgan fingerprint density at radius 1 is 1.26 bits per heavy atom. The Balaban J connectivity index is 2.41. The fourth-order valence-electron chi connectivity index (χ4n) is 1.74. The highest BCUT2D eigenvalue weighted by molar-refractivity contribution is 9.10. The van der Waals surface area contributed by atoms with Gasteiger partial charge in [0, 0.05) is 5.56 Å². The van der Waals surface area contributed by atoms with E-state index in [0.717, 1.165) is 5.56 Å². The van der Waals surface area contributed by atoms with E-state index in [9.17, 15) is 4.39 Å². The molecule has 1 unspecified atom stereocenters. The summed E-state index contributed by atoms with van der Waals surface area (Å²) in [5, 5.41) is 0.500. The van der Waals surface area contributed by atoms with Gasteiger partial charge in [-0.2, -0.15) is 0 Å². The molecule has 0 fully saturated rings.